The van der Waals surface area contributed by atoms with E-state index in [9.17, 15) is 8.42 Å². The third-order valence-electron chi connectivity index (χ3n) is 4.89. The number of nitrogens with zero attached hydrogens (tertiary/aromatic N) is 1. The molecule has 1 atom stereocenters. The third kappa shape index (κ3) is 7.06. The molecule has 0 saturated heterocycles. The lowest BCUT2D eigenvalue weighted by molar-refractivity contribution is 0.253. The van der Waals surface area contributed by atoms with E-state index in [-0.39, 0.29) is 41.2 Å². The van der Waals surface area contributed by atoms with Crippen LogP contribution in [-0.4, -0.2) is 45.5 Å². The first-order chi connectivity index (χ1) is 11.8. The van der Waals surface area contributed by atoms with E-state index in [2.05, 4.69) is 34.9 Å². The second-order valence-corrected chi connectivity index (χ2v) is 9.42. The van der Waals surface area contributed by atoms with Crippen LogP contribution < -0.4 is 10.6 Å². The number of hydrogen-bond acceptors (Lipinski definition) is 3. The molecule has 1 saturated carbocycles. The zero-order valence-electron chi connectivity index (χ0n) is 16.0. The van der Waals surface area contributed by atoms with E-state index < -0.39 is 9.84 Å². The van der Waals surface area contributed by atoms with E-state index in [1.807, 2.05) is 19.9 Å². The number of guanidine groups is 1. The molecule has 148 valence electrons. The van der Waals surface area contributed by atoms with Crippen molar-refractivity contribution in [2.75, 3.05) is 25.1 Å². The summed E-state index contributed by atoms with van der Waals surface area (Å²) < 4.78 is 22.7. The number of benzene rings is 1. The van der Waals surface area contributed by atoms with Crippen LogP contribution in [0.5, 0.6) is 0 Å². The Labute approximate surface area is 175 Å². The van der Waals surface area contributed by atoms with Gasteiger partial charge in [-0.1, -0.05) is 36.8 Å². The van der Waals surface area contributed by atoms with Gasteiger partial charge in [-0.15, -0.1) is 24.0 Å². The summed E-state index contributed by atoms with van der Waals surface area (Å²) in [4.78, 5) is 4.81. The van der Waals surface area contributed by atoms with Crippen molar-refractivity contribution in [1.29, 1.82) is 0 Å². The molecule has 1 aromatic rings. The van der Waals surface area contributed by atoms with Crippen molar-refractivity contribution in [3.8, 4) is 0 Å². The van der Waals surface area contributed by atoms with Gasteiger partial charge in [0.2, 0.25) is 0 Å². The van der Waals surface area contributed by atoms with E-state index in [1.54, 1.807) is 0 Å². The molecule has 1 aliphatic carbocycles. The first-order valence-corrected chi connectivity index (χ1v) is 11.2. The van der Waals surface area contributed by atoms with E-state index in [0.29, 0.717) is 6.42 Å². The van der Waals surface area contributed by atoms with E-state index >= 15 is 0 Å². The predicted octanol–water partition coefficient (Wildman–Crippen LogP) is 3.10. The summed E-state index contributed by atoms with van der Waals surface area (Å²) in [5.41, 5.74) is 1.52. The molecule has 0 amide bonds. The van der Waals surface area contributed by atoms with Gasteiger partial charge in [0.1, 0.15) is 9.84 Å². The molecular weight excluding hydrogens is 461 g/mol. The average Bonchev–Trinajstić information content (AvgIpc) is 2.52. The highest BCUT2D eigenvalue weighted by molar-refractivity contribution is 14.0. The zero-order valence-corrected chi connectivity index (χ0v) is 19.1. The first-order valence-electron chi connectivity index (χ1n) is 9.13. The molecule has 0 spiro atoms. The summed E-state index contributed by atoms with van der Waals surface area (Å²) in [7, 11) is -2.93. The molecular formula is C19H32IN3O2S. The van der Waals surface area contributed by atoms with Crippen LogP contribution in [0, 0.1) is 0 Å². The van der Waals surface area contributed by atoms with Gasteiger partial charge in [-0.3, -0.25) is 4.99 Å². The van der Waals surface area contributed by atoms with Crippen molar-refractivity contribution >= 4 is 39.8 Å². The lowest BCUT2D eigenvalue weighted by Crippen LogP contribution is -2.45. The Hall–Kier alpha value is -0.830. The molecule has 0 aromatic heterocycles. The van der Waals surface area contributed by atoms with Gasteiger partial charge in [-0.25, -0.2) is 8.42 Å². The lowest BCUT2D eigenvalue weighted by atomic mass is 9.64. The fourth-order valence-electron chi connectivity index (χ4n) is 3.18. The minimum absolute atomic E-state index is 0. The highest BCUT2D eigenvalue weighted by atomic mass is 127. The smallest absolute Gasteiger partial charge is 0.191 e. The van der Waals surface area contributed by atoms with E-state index in [1.165, 1.54) is 31.1 Å². The molecule has 1 fully saturated rings. The van der Waals surface area contributed by atoms with Crippen molar-refractivity contribution in [2.45, 2.75) is 51.0 Å². The maximum Gasteiger partial charge on any atom is 0.191 e. The number of aliphatic imine (C=N–C) groups is 1. The highest BCUT2D eigenvalue weighted by Crippen LogP contribution is 2.43. The van der Waals surface area contributed by atoms with Crippen LogP contribution >= 0.6 is 24.0 Å². The molecule has 2 rings (SSSR count). The monoisotopic (exact) mass is 493 g/mol. The summed E-state index contributed by atoms with van der Waals surface area (Å²) in [6.07, 6.45) is 5.44. The van der Waals surface area contributed by atoms with Gasteiger partial charge in [-0.05, 0) is 38.7 Å². The lowest BCUT2D eigenvalue weighted by Gasteiger charge is -2.41. The average molecular weight is 493 g/mol. The Kier molecular flexibility index (Phi) is 9.36. The normalized spacial score (nSPS) is 17.6. The molecule has 26 heavy (non-hydrogen) atoms. The third-order valence-corrected chi connectivity index (χ3v) is 5.86. The van der Waals surface area contributed by atoms with Gasteiger partial charge in [0.15, 0.2) is 5.96 Å². The van der Waals surface area contributed by atoms with E-state index in [4.69, 9.17) is 4.99 Å². The summed E-state index contributed by atoms with van der Waals surface area (Å²) in [6, 6.07) is 10.7. The number of halogens is 1. The van der Waals surface area contributed by atoms with Crippen LogP contribution in [0.2, 0.25) is 0 Å². The molecule has 5 nitrogen and oxygen atoms in total. The van der Waals surface area contributed by atoms with Crippen LogP contribution in [0.15, 0.2) is 35.3 Å². The summed E-state index contributed by atoms with van der Waals surface area (Å²) in [5.74, 6) is 0.958. The Morgan fingerprint density at radius 1 is 1.27 bits per heavy atom. The molecule has 1 aromatic carbocycles. The predicted molar refractivity (Wildman–Crippen MR) is 120 cm³/mol. The zero-order chi connectivity index (χ0) is 18.3. The Morgan fingerprint density at radius 2 is 1.92 bits per heavy atom. The molecule has 2 N–H and O–H groups in total. The van der Waals surface area contributed by atoms with Crippen LogP contribution in [-0.2, 0) is 15.3 Å². The molecule has 0 heterocycles. The Balaban J connectivity index is 0.00000338. The number of rotatable bonds is 8. The van der Waals surface area contributed by atoms with Crippen molar-refractivity contribution in [3.05, 3.63) is 35.9 Å². The second-order valence-electron chi connectivity index (χ2n) is 7.16. The van der Waals surface area contributed by atoms with Gasteiger partial charge in [0, 0.05) is 24.3 Å². The minimum Gasteiger partial charge on any atom is -0.357 e. The molecule has 7 heteroatoms. The molecule has 0 radical (unpaired) electrons. The topological polar surface area (TPSA) is 70.6 Å². The largest absolute Gasteiger partial charge is 0.357 e. The first kappa shape index (κ1) is 23.2. The molecule has 0 aliphatic heterocycles. The molecule has 1 unspecified atom stereocenters. The fourth-order valence-corrected chi connectivity index (χ4v) is 3.96. The number of nitrogens with one attached hydrogen (secondary N) is 2. The van der Waals surface area contributed by atoms with E-state index in [0.717, 1.165) is 19.0 Å². The molecule has 1 aliphatic rings. The Bertz CT molecular complexity index is 673. The second kappa shape index (κ2) is 10.5. The number of sulfone groups is 1. The van der Waals surface area contributed by atoms with Crippen molar-refractivity contribution in [1.82, 2.24) is 10.6 Å². The Morgan fingerprint density at radius 3 is 2.42 bits per heavy atom. The SMILES string of the molecule is CCNC(=NCC1(c2ccccc2)CCC1)NC(C)CCS(C)(=O)=O.I. The van der Waals surface area contributed by atoms with Crippen molar-refractivity contribution in [2.24, 2.45) is 4.99 Å². The van der Waals surface area contributed by atoms with Gasteiger partial charge >= 0.3 is 0 Å². The standard InChI is InChI=1S/C19H31N3O2S.HI/c1-4-20-18(22-16(2)11-14-25(3,23)24)21-15-19(12-8-13-19)17-9-6-5-7-10-17;/h5-7,9-10,16H,4,8,11-15H2,1-3H3,(H2,20,21,22);1H. The summed E-state index contributed by atoms with van der Waals surface area (Å²) in [6.45, 7) is 5.57. The number of hydrogen-bond donors (Lipinski definition) is 2. The van der Waals surface area contributed by atoms with Crippen LogP contribution in [0.3, 0.4) is 0 Å². The van der Waals surface area contributed by atoms with Gasteiger partial charge in [0.25, 0.3) is 0 Å². The van der Waals surface area contributed by atoms with Gasteiger partial charge < -0.3 is 10.6 Å². The minimum atomic E-state index is -2.93. The van der Waals surface area contributed by atoms with Gasteiger partial charge in [0.05, 0.1) is 12.3 Å². The maximum absolute atomic E-state index is 11.3. The van der Waals surface area contributed by atoms with Crippen LogP contribution in [0.4, 0.5) is 0 Å². The van der Waals surface area contributed by atoms with Gasteiger partial charge in [-0.2, -0.15) is 0 Å². The van der Waals surface area contributed by atoms with Crippen LogP contribution in [0.25, 0.3) is 0 Å². The quantitative estimate of drug-likeness (QED) is 0.332. The summed E-state index contributed by atoms with van der Waals surface area (Å²) >= 11 is 0. The molecule has 0 bridgehead atoms. The summed E-state index contributed by atoms with van der Waals surface area (Å²) in [5, 5.41) is 6.61. The van der Waals surface area contributed by atoms with Crippen molar-refractivity contribution in [3.63, 3.8) is 0 Å². The highest BCUT2D eigenvalue weighted by Gasteiger charge is 2.38. The van der Waals surface area contributed by atoms with Crippen LogP contribution in [0.1, 0.15) is 45.1 Å². The maximum atomic E-state index is 11.3. The van der Waals surface area contributed by atoms with Crippen molar-refractivity contribution < 1.29 is 8.42 Å². The fraction of sp³-hybridized carbons (Fsp3) is 0.632.